The van der Waals surface area contributed by atoms with Crippen LogP contribution in [0.25, 0.3) is 5.95 Å². The molecular weight excluding hydrogens is 374 g/mol. The van der Waals surface area contributed by atoms with Gasteiger partial charge in [-0.1, -0.05) is 0 Å². The quantitative estimate of drug-likeness (QED) is 0.708. The van der Waals surface area contributed by atoms with Gasteiger partial charge in [0.05, 0.1) is 27.0 Å². The number of amides is 1. The van der Waals surface area contributed by atoms with E-state index in [1.807, 2.05) is 13.0 Å². The number of aromatic nitrogens is 4. The van der Waals surface area contributed by atoms with Crippen molar-refractivity contribution in [1.29, 1.82) is 0 Å². The molecule has 1 aliphatic heterocycles. The maximum atomic E-state index is 12.6. The Kier molecular flexibility index (Phi) is 4.79. The normalized spacial score (nSPS) is 15.4. The molecule has 1 N–H and O–H groups in total. The first kappa shape index (κ1) is 18.7. The van der Waals surface area contributed by atoms with E-state index in [4.69, 9.17) is 14.2 Å². The molecule has 1 aliphatic rings. The maximum Gasteiger partial charge on any atom is 0.252 e. The minimum Gasteiger partial charge on any atom is -0.496 e. The van der Waals surface area contributed by atoms with E-state index in [1.54, 1.807) is 50.5 Å². The van der Waals surface area contributed by atoms with E-state index in [2.05, 4.69) is 20.4 Å². The van der Waals surface area contributed by atoms with Crippen molar-refractivity contribution in [1.82, 2.24) is 19.7 Å². The third kappa shape index (κ3) is 3.14. The van der Waals surface area contributed by atoms with Crippen molar-refractivity contribution in [2.75, 3.05) is 26.6 Å². The van der Waals surface area contributed by atoms with Crippen LogP contribution in [-0.4, -0.2) is 47.0 Å². The molecule has 0 bridgehead atoms. The summed E-state index contributed by atoms with van der Waals surface area (Å²) in [5, 5.41) is 7.51. The highest BCUT2D eigenvalue weighted by molar-refractivity contribution is 5.95. The lowest BCUT2D eigenvalue weighted by Crippen LogP contribution is -2.25. The van der Waals surface area contributed by atoms with Gasteiger partial charge in [0, 0.05) is 41.9 Å². The first-order chi connectivity index (χ1) is 14.1. The summed E-state index contributed by atoms with van der Waals surface area (Å²) < 4.78 is 18.0. The molecule has 0 fully saturated rings. The van der Waals surface area contributed by atoms with Crippen LogP contribution in [0.15, 0.2) is 30.6 Å². The monoisotopic (exact) mass is 395 g/mol. The lowest BCUT2D eigenvalue weighted by atomic mass is 9.85. The van der Waals surface area contributed by atoms with Crippen molar-refractivity contribution in [3.63, 3.8) is 0 Å². The van der Waals surface area contributed by atoms with Gasteiger partial charge < -0.3 is 19.5 Å². The fraction of sp³-hybridized carbons (Fsp3) is 0.300. The van der Waals surface area contributed by atoms with Gasteiger partial charge in [0.1, 0.15) is 11.6 Å². The molecule has 0 radical (unpaired) electrons. The summed E-state index contributed by atoms with van der Waals surface area (Å²) >= 11 is 0. The van der Waals surface area contributed by atoms with Crippen molar-refractivity contribution in [3.8, 4) is 23.2 Å². The van der Waals surface area contributed by atoms with Crippen molar-refractivity contribution >= 4 is 11.7 Å². The fourth-order valence-electron chi connectivity index (χ4n) is 3.68. The summed E-state index contributed by atoms with van der Waals surface area (Å²) in [5.74, 6) is 2.27. The SMILES string of the molecule is COc1cc(OC)c([C@@H]2CC(=O)Nc3c2c(C)nn3-c2ncccn2)cc1OC. The molecule has 3 heterocycles. The molecule has 4 rings (SSSR count). The Bertz CT molecular complexity index is 1060. The van der Waals surface area contributed by atoms with Gasteiger partial charge in [-0.2, -0.15) is 9.78 Å². The number of benzene rings is 1. The number of carbonyl (C=O) groups excluding carboxylic acids is 1. The van der Waals surface area contributed by atoms with Crippen molar-refractivity contribution in [2.45, 2.75) is 19.3 Å². The number of ether oxygens (including phenoxy) is 3. The summed E-state index contributed by atoms with van der Waals surface area (Å²) in [7, 11) is 4.73. The minimum atomic E-state index is -0.272. The smallest absolute Gasteiger partial charge is 0.252 e. The van der Waals surface area contributed by atoms with Gasteiger partial charge in [-0.3, -0.25) is 4.79 Å². The maximum absolute atomic E-state index is 12.6. The zero-order chi connectivity index (χ0) is 20.5. The number of hydrogen-bond acceptors (Lipinski definition) is 7. The molecule has 3 aromatic rings. The molecule has 150 valence electrons. The van der Waals surface area contributed by atoms with E-state index in [-0.39, 0.29) is 18.2 Å². The Labute approximate surface area is 167 Å². The molecule has 9 heteroatoms. The number of anilines is 1. The van der Waals surface area contributed by atoms with Gasteiger partial charge in [-0.05, 0) is 19.1 Å². The van der Waals surface area contributed by atoms with E-state index in [1.165, 1.54) is 0 Å². The molecule has 0 unspecified atom stereocenters. The molecule has 0 saturated carbocycles. The number of methoxy groups -OCH3 is 3. The highest BCUT2D eigenvalue weighted by Gasteiger charge is 2.35. The number of nitrogens with zero attached hydrogens (tertiary/aromatic N) is 4. The second-order valence-electron chi connectivity index (χ2n) is 6.56. The van der Waals surface area contributed by atoms with E-state index >= 15 is 0 Å². The molecule has 9 nitrogen and oxygen atoms in total. The van der Waals surface area contributed by atoms with E-state index < -0.39 is 0 Å². The largest absolute Gasteiger partial charge is 0.496 e. The molecule has 29 heavy (non-hydrogen) atoms. The van der Waals surface area contributed by atoms with Crippen LogP contribution in [0.5, 0.6) is 17.2 Å². The Morgan fingerprint density at radius 3 is 2.34 bits per heavy atom. The van der Waals surface area contributed by atoms with Crippen LogP contribution in [0.1, 0.15) is 29.2 Å². The predicted octanol–water partition coefficient (Wildman–Crippen LogP) is 2.47. The van der Waals surface area contributed by atoms with Crippen molar-refractivity contribution < 1.29 is 19.0 Å². The number of aryl methyl sites for hydroxylation is 1. The molecule has 0 spiro atoms. The van der Waals surface area contributed by atoms with Crippen molar-refractivity contribution in [2.24, 2.45) is 0 Å². The highest BCUT2D eigenvalue weighted by Crippen LogP contribution is 2.46. The van der Waals surface area contributed by atoms with Crippen LogP contribution in [0.4, 0.5) is 5.82 Å². The minimum absolute atomic E-state index is 0.128. The second-order valence-corrected chi connectivity index (χ2v) is 6.56. The van der Waals surface area contributed by atoms with Gasteiger partial charge in [0.15, 0.2) is 11.5 Å². The van der Waals surface area contributed by atoms with Crippen LogP contribution in [0, 0.1) is 6.92 Å². The summed E-state index contributed by atoms with van der Waals surface area (Å²) in [6.45, 7) is 1.90. The predicted molar refractivity (Wildman–Crippen MR) is 105 cm³/mol. The average Bonchev–Trinajstić information content (AvgIpc) is 3.08. The number of hydrogen-bond donors (Lipinski definition) is 1. The molecule has 2 aromatic heterocycles. The van der Waals surface area contributed by atoms with Gasteiger partial charge in [-0.25, -0.2) is 9.97 Å². The van der Waals surface area contributed by atoms with Gasteiger partial charge in [0.2, 0.25) is 5.91 Å². The first-order valence-corrected chi connectivity index (χ1v) is 9.04. The number of carbonyl (C=O) groups is 1. The molecule has 0 aliphatic carbocycles. The second kappa shape index (κ2) is 7.42. The molecule has 1 atom stereocenters. The van der Waals surface area contributed by atoms with Crippen molar-refractivity contribution in [3.05, 3.63) is 47.4 Å². The Morgan fingerprint density at radius 1 is 1.03 bits per heavy atom. The van der Waals surface area contributed by atoms with E-state index in [0.29, 0.717) is 29.0 Å². The molecular formula is C20H21N5O4. The Balaban J connectivity index is 1.91. The fourth-order valence-corrected chi connectivity index (χ4v) is 3.68. The van der Waals surface area contributed by atoms with Gasteiger partial charge in [-0.15, -0.1) is 0 Å². The van der Waals surface area contributed by atoms with Gasteiger partial charge in [0.25, 0.3) is 5.95 Å². The van der Waals surface area contributed by atoms with Crippen LogP contribution in [-0.2, 0) is 4.79 Å². The molecule has 1 aromatic carbocycles. The lowest BCUT2D eigenvalue weighted by molar-refractivity contribution is -0.116. The third-order valence-electron chi connectivity index (χ3n) is 4.96. The topological polar surface area (TPSA) is 100 Å². The van der Waals surface area contributed by atoms with Crippen LogP contribution < -0.4 is 19.5 Å². The van der Waals surface area contributed by atoms with Gasteiger partial charge >= 0.3 is 0 Å². The Morgan fingerprint density at radius 2 is 1.69 bits per heavy atom. The van der Waals surface area contributed by atoms with Crippen LogP contribution >= 0.6 is 0 Å². The number of fused-ring (bicyclic) bond motifs is 1. The Hall–Kier alpha value is -3.62. The summed E-state index contributed by atoms with van der Waals surface area (Å²) in [4.78, 5) is 21.1. The average molecular weight is 395 g/mol. The lowest BCUT2D eigenvalue weighted by Gasteiger charge is -2.26. The summed E-state index contributed by atoms with van der Waals surface area (Å²) in [6, 6.07) is 5.34. The van der Waals surface area contributed by atoms with Crippen LogP contribution in [0.2, 0.25) is 0 Å². The van der Waals surface area contributed by atoms with Crippen LogP contribution in [0.3, 0.4) is 0 Å². The highest BCUT2D eigenvalue weighted by atomic mass is 16.5. The standard InChI is InChI=1S/C20H21N5O4/c1-11-18-13(12-8-15(28-3)16(29-4)10-14(12)27-2)9-17(26)23-19(18)25(24-11)20-21-6-5-7-22-20/h5-8,10,13H,9H2,1-4H3,(H,23,26)/t13-/m0/s1. The summed E-state index contributed by atoms with van der Waals surface area (Å²) in [5.41, 5.74) is 2.48. The van der Waals surface area contributed by atoms with E-state index in [0.717, 1.165) is 16.8 Å². The molecule has 0 saturated heterocycles. The summed E-state index contributed by atoms with van der Waals surface area (Å²) in [6.07, 6.45) is 3.51. The third-order valence-corrected chi connectivity index (χ3v) is 4.96. The number of nitrogens with one attached hydrogen (secondary N) is 1. The zero-order valence-electron chi connectivity index (χ0n) is 16.6. The number of rotatable bonds is 5. The van der Waals surface area contributed by atoms with E-state index in [9.17, 15) is 4.79 Å². The first-order valence-electron chi connectivity index (χ1n) is 9.04. The zero-order valence-corrected chi connectivity index (χ0v) is 16.6. The molecule has 1 amide bonds.